The van der Waals surface area contributed by atoms with E-state index in [2.05, 4.69) is 20.6 Å². The highest BCUT2D eigenvalue weighted by Crippen LogP contribution is 2.30. The first-order valence-electron chi connectivity index (χ1n) is 5.93. The number of hydrogen-bond donors (Lipinski definition) is 2. The highest BCUT2D eigenvalue weighted by atomic mass is 35.6. The normalized spacial score (nSPS) is 12.5. The Kier molecular flexibility index (Phi) is 5.22. The molecule has 0 bridgehead atoms. The molecule has 1 heterocycles. The number of anilines is 1. The lowest BCUT2D eigenvalue weighted by molar-refractivity contribution is 0.0941. The van der Waals surface area contributed by atoms with Gasteiger partial charge in [-0.3, -0.25) is 4.79 Å². The zero-order valence-corrected chi connectivity index (χ0v) is 12.9. The molecule has 0 unspecified atom stereocenters. The van der Waals surface area contributed by atoms with Gasteiger partial charge in [0.05, 0.1) is 0 Å². The largest absolute Gasteiger partial charge is 0.330 e. The van der Waals surface area contributed by atoms with E-state index in [-0.39, 0.29) is 11.9 Å². The van der Waals surface area contributed by atoms with Crippen LogP contribution < -0.4 is 10.6 Å². The lowest BCUT2D eigenvalue weighted by atomic mass is 10.2. The Morgan fingerprint density at radius 2 is 1.67 bits per heavy atom. The first-order chi connectivity index (χ1) is 9.97. The van der Waals surface area contributed by atoms with E-state index in [0.717, 1.165) is 0 Å². The van der Waals surface area contributed by atoms with Crippen LogP contribution in [0.5, 0.6) is 0 Å². The van der Waals surface area contributed by atoms with Crippen molar-refractivity contribution in [1.82, 2.24) is 15.3 Å². The quantitative estimate of drug-likeness (QED) is 0.660. The molecule has 110 valence electrons. The molecular formula is C13H11Cl3N4O. The molecule has 0 aliphatic rings. The van der Waals surface area contributed by atoms with Gasteiger partial charge in [0.15, 0.2) is 0 Å². The van der Waals surface area contributed by atoms with Gasteiger partial charge in [0.1, 0.15) is 6.17 Å². The molecular weight excluding hydrogens is 335 g/mol. The molecule has 0 radical (unpaired) electrons. The number of carbonyl (C=O) groups is 1. The van der Waals surface area contributed by atoms with Crippen LogP contribution in [0.2, 0.25) is 0 Å². The summed E-state index contributed by atoms with van der Waals surface area (Å²) in [5.74, 6) is -0.141. The summed E-state index contributed by atoms with van der Waals surface area (Å²) in [4.78, 5) is 20.0. The summed E-state index contributed by atoms with van der Waals surface area (Å²) in [7, 11) is 0. The van der Waals surface area contributed by atoms with Crippen LogP contribution >= 0.6 is 34.8 Å². The van der Waals surface area contributed by atoms with Crippen molar-refractivity contribution in [3.05, 3.63) is 54.4 Å². The van der Waals surface area contributed by atoms with E-state index in [0.29, 0.717) is 5.56 Å². The lowest BCUT2D eigenvalue weighted by Gasteiger charge is -2.26. The van der Waals surface area contributed by atoms with Crippen molar-refractivity contribution in [2.75, 3.05) is 5.32 Å². The summed E-state index contributed by atoms with van der Waals surface area (Å²) in [6.07, 6.45) is 2.07. The summed E-state index contributed by atoms with van der Waals surface area (Å²) >= 11 is 17.6. The minimum absolute atomic E-state index is 0.238. The van der Waals surface area contributed by atoms with Gasteiger partial charge in [-0.1, -0.05) is 53.0 Å². The molecule has 0 aliphatic carbocycles. The maximum Gasteiger partial charge on any atom is 0.252 e. The minimum Gasteiger partial charge on any atom is -0.330 e. The molecule has 2 rings (SSSR count). The van der Waals surface area contributed by atoms with Crippen molar-refractivity contribution >= 4 is 46.7 Å². The topological polar surface area (TPSA) is 66.9 Å². The number of carbonyl (C=O) groups excluding carboxylic acids is 1. The first kappa shape index (κ1) is 15.8. The predicted octanol–water partition coefficient (Wildman–Crippen LogP) is 3.01. The van der Waals surface area contributed by atoms with Crippen molar-refractivity contribution in [3.8, 4) is 0 Å². The number of alkyl halides is 3. The zero-order valence-electron chi connectivity index (χ0n) is 10.6. The molecule has 21 heavy (non-hydrogen) atoms. The van der Waals surface area contributed by atoms with Crippen LogP contribution in [0.4, 0.5) is 5.95 Å². The van der Waals surface area contributed by atoms with E-state index in [4.69, 9.17) is 34.8 Å². The Morgan fingerprint density at radius 3 is 2.24 bits per heavy atom. The van der Waals surface area contributed by atoms with Crippen molar-refractivity contribution in [2.24, 2.45) is 0 Å². The average Bonchev–Trinajstić information content (AvgIpc) is 2.47. The number of halogens is 3. The van der Waals surface area contributed by atoms with E-state index < -0.39 is 9.96 Å². The average molecular weight is 346 g/mol. The Balaban J connectivity index is 2.12. The van der Waals surface area contributed by atoms with E-state index in [9.17, 15) is 4.79 Å². The van der Waals surface area contributed by atoms with Crippen molar-refractivity contribution in [1.29, 1.82) is 0 Å². The van der Waals surface area contributed by atoms with Gasteiger partial charge in [-0.05, 0) is 18.2 Å². The second-order valence-electron chi connectivity index (χ2n) is 4.03. The molecule has 2 N–H and O–H groups in total. The maximum absolute atomic E-state index is 12.1. The van der Waals surface area contributed by atoms with Crippen LogP contribution in [0, 0.1) is 0 Å². The van der Waals surface area contributed by atoms with Gasteiger partial charge in [0.25, 0.3) is 5.91 Å². The Hall–Kier alpha value is -1.56. The molecule has 5 nitrogen and oxygen atoms in total. The van der Waals surface area contributed by atoms with E-state index in [1.807, 2.05) is 0 Å². The summed E-state index contributed by atoms with van der Waals surface area (Å²) in [5, 5.41) is 5.37. The monoisotopic (exact) mass is 344 g/mol. The standard InChI is InChI=1S/C13H11Cl3N4O/c14-13(15,16)11(20-12-17-7-4-8-18-12)19-10(21)9-5-2-1-3-6-9/h1-8,11H,(H,19,21)(H,17,18,20)/t11-/m1/s1. The smallest absolute Gasteiger partial charge is 0.252 e. The van der Waals surface area contributed by atoms with Crippen LogP contribution in [-0.2, 0) is 0 Å². The third kappa shape index (κ3) is 4.74. The van der Waals surface area contributed by atoms with Crippen LogP contribution in [-0.4, -0.2) is 25.8 Å². The lowest BCUT2D eigenvalue weighted by Crippen LogP contribution is -2.49. The number of amides is 1. The fraction of sp³-hybridized carbons (Fsp3) is 0.154. The molecule has 0 saturated heterocycles. The summed E-state index contributed by atoms with van der Waals surface area (Å²) in [6.45, 7) is 0. The zero-order chi connectivity index (χ0) is 15.3. The Morgan fingerprint density at radius 1 is 1.05 bits per heavy atom. The van der Waals surface area contributed by atoms with Crippen LogP contribution in [0.25, 0.3) is 0 Å². The highest BCUT2D eigenvalue weighted by molar-refractivity contribution is 6.68. The second-order valence-corrected chi connectivity index (χ2v) is 6.40. The first-order valence-corrected chi connectivity index (χ1v) is 7.06. The highest BCUT2D eigenvalue weighted by Gasteiger charge is 2.34. The van der Waals surface area contributed by atoms with Gasteiger partial charge >= 0.3 is 0 Å². The number of nitrogens with one attached hydrogen (secondary N) is 2. The number of benzene rings is 1. The third-order valence-electron chi connectivity index (χ3n) is 2.48. The Labute approximate surface area is 136 Å². The van der Waals surface area contributed by atoms with E-state index in [1.165, 1.54) is 12.4 Å². The Bertz CT molecular complexity index is 589. The van der Waals surface area contributed by atoms with Gasteiger partial charge < -0.3 is 10.6 Å². The SMILES string of the molecule is O=C(N[C@H](Nc1ncccn1)C(Cl)(Cl)Cl)c1ccccc1. The number of aromatic nitrogens is 2. The number of hydrogen-bond acceptors (Lipinski definition) is 4. The predicted molar refractivity (Wildman–Crippen MR) is 83.6 cm³/mol. The van der Waals surface area contributed by atoms with Crippen molar-refractivity contribution in [3.63, 3.8) is 0 Å². The fourth-order valence-electron chi connectivity index (χ4n) is 1.51. The number of nitrogens with zero attached hydrogens (tertiary/aromatic N) is 2. The van der Waals surface area contributed by atoms with Crippen molar-refractivity contribution in [2.45, 2.75) is 9.96 Å². The second kappa shape index (κ2) is 6.93. The summed E-state index contributed by atoms with van der Waals surface area (Å²) < 4.78 is -1.77. The van der Waals surface area contributed by atoms with Crippen molar-refractivity contribution < 1.29 is 4.79 Å². The molecule has 0 aliphatic heterocycles. The maximum atomic E-state index is 12.1. The van der Waals surface area contributed by atoms with Crippen LogP contribution in [0.3, 0.4) is 0 Å². The molecule has 0 fully saturated rings. The molecule has 0 saturated carbocycles. The van der Waals surface area contributed by atoms with Crippen LogP contribution in [0.1, 0.15) is 10.4 Å². The molecule has 1 atom stereocenters. The molecule has 1 aromatic heterocycles. The molecule has 2 aromatic rings. The minimum atomic E-state index is -1.77. The van der Waals surface area contributed by atoms with E-state index >= 15 is 0 Å². The van der Waals surface area contributed by atoms with Gasteiger partial charge in [-0.15, -0.1) is 0 Å². The molecule has 1 amide bonds. The molecule has 8 heteroatoms. The van der Waals surface area contributed by atoms with Gasteiger partial charge in [0.2, 0.25) is 9.74 Å². The van der Waals surface area contributed by atoms with Crippen LogP contribution in [0.15, 0.2) is 48.8 Å². The van der Waals surface area contributed by atoms with E-state index in [1.54, 1.807) is 36.4 Å². The molecule has 0 spiro atoms. The fourth-order valence-corrected chi connectivity index (χ4v) is 1.83. The van der Waals surface area contributed by atoms with Gasteiger partial charge in [0, 0.05) is 18.0 Å². The van der Waals surface area contributed by atoms with Gasteiger partial charge in [-0.25, -0.2) is 9.97 Å². The molecule has 1 aromatic carbocycles. The number of rotatable bonds is 4. The summed E-state index contributed by atoms with van der Waals surface area (Å²) in [6, 6.07) is 10.3. The summed E-state index contributed by atoms with van der Waals surface area (Å²) in [5.41, 5.74) is 0.451. The van der Waals surface area contributed by atoms with Gasteiger partial charge in [-0.2, -0.15) is 0 Å². The third-order valence-corrected chi connectivity index (χ3v) is 3.13.